The lowest BCUT2D eigenvalue weighted by atomic mass is 10.1. The van der Waals surface area contributed by atoms with E-state index in [1.54, 1.807) is 30.7 Å². The molecule has 1 aliphatic rings. The van der Waals surface area contributed by atoms with Gasteiger partial charge in [0.1, 0.15) is 0 Å². The molecule has 2 aromatic carbocycles. The zero-order valence-corrected chi connectivity index (χ0v) is 13.7. The van der Waals surface area contributed by atoms with E-state index in [1.165, 1.54) is 0 Å². The molecule has 2 heterocycles. The van der Waals surface area contributed by atoms with Crippen LogP contribution in [0.5, 0.6) is 11.5 Å². The topological polar surface area (TPSA) is 65.4 Å². The Hall–Kier alpha value is -3.28. The Morgan fingerprint density at radius 3 is 2.72 bits per heavy atom. The summed E-state index contributed by atoms with van der Waals surface area (Å²) < 4.78 is 12.5. The molecule has 25 heavy (non-hydrogen) atoms. The summed E-state index contributed by atoms with van der Waals surface area (Å²) in [6.07, 6.45) is 5.38. The highest BCUT2D eigenvalue weighted by molar-refractivity contribution is 5.95. The van der Waals surface area contributed by atoms with E-state index in [4.69, 9.17) is 9.47 Å². The minimum Gasteiger partial charge on any atom is -0.454 e. The Morgan fingerprint density at radius 2 is 1.96 bits per heavy atom. The molecule has 6 nitrogen and oxygen atoms in total. The van der Waals surface area contributed by atoms with E-state index in [0.29, 0.717) is 17.1 Å². The van der Waals surface area contributed by atoms with E-state index in [9.17, 15) is 4.79 Å². The van der Waals surface area contributed by atoms with Gasteiger partial charge in [0.25, 0.3) is 5.91 Å². The fourth-order valence-corrected chi connectivity index (χ4v) is 2.75. The first-order chi connectivity index (χ1) is 12.2. The van der Waals surface area contributed by atoms with Crippen LogP contribution in [0.1, 0.15) is 28.9 Å². The molecule has 1 amide bonds. The molecule has 0 fully saturated rings. The molecule has 0 spiro atoms. The average molecular weight is 335 g/mol. The third-order valence-electron chi connectivity index (χ3n) is 4.18. The molecule has 0 aliphatic carbocycles. The molecule has 3 aromatic rings. The lowest BCUT2D eigenvalue weighted by molar-refractivity contribution is 0.0939. The van der Waals surface area contributed by atoms with Crippen LogP contribution < -0.4 is 14.8 Å². The Morgan fingerprint density at radius 1 is 1.16 bits per heavy atom. The molecule has 1 atom stereocenters. The van der Waals surface area contributed by atoms with E-state index in [-0.39, 0.29) is 18.7 Å². The van der Waals surface area contributed by atoms with Crippen molar-refractivity contribution in [2.75, 3.05) is 6.79 Å². The summed E-state index contributed by atoms with van der Waals surface area (Å²) in [6.45, 7) is 2.15. The number of benzene rings is 2. The molecular formula is C19H17N3O3. The van der Waals surface area contributed by atoms with E-state index < -0.39 is 0 Å². The maximum atomic E-state index is 12.5. The first kappa shape index (κ1) is 15.3. The molecule has 0 saturated heterocycles. The molecule has 1 aliphatic heterocycles. The van der Waals surface area contributed by atoms with Gasteiger partial charge in [-0.05, 0) is 42.8 Å². The van der Waals surface area contributed by atoms with Crippen LogP contribution in [-0.2, 0) is 0 Å². The number of nitrogens with zero attached hydrogens (tertiary/aromatic N) is 2. The molecule has 1 aromatic heterocycles. The van der Waals surface area contributed by atoms with Crippen molar-refractivity contribution in [3.63, 3.8) is 0 Å². The number of carbonyl (C=O) groups excluding carboxylic acids is 1. The van der Waals surface area contributed by atoms with Crippen molar-refractivity contribution in [1.82, 2.24) is 14.9 Å². The Balaban J connectivity index is 1.46. The van der Waals surface area contributed by atoms with E-state index in [2.05, 4.69) is 10.3 Å². The summed E-state index contributed by atoms with van der Waals surface area (Å²) in [5.41, 5.74) is 2.60. The highest BCUT2D eigenvalue weighted by atomic mass is 16.7. The Bertz CT molecular complexity index is 889. The van der Waals surface area contributed by atoms with Gasteiger partial charge in [0, 0.05) is 23.6 Å². The quantitative estimate of drug-likeness (QED) is 0.796. The van der Waals surface area contributed by atoms with Crippen LogP contribution in [0.25, 0.3) is 5.69 Å². The number of amides is 1. The van der Waals surface area contributed by atoms with E-state index in [0.717, 1.165) is 11.3 Å². The number of rotatable bonds is 4. The number of carbonyl (C=O) groups is 1. The fourth-order valence-electron chi connectivity index (χ4n) is 2.75. The van der Waals surface area contributed by atoms with Gasteiger partial charge < -0.3 is 19.4 Å². The van der Waals surface area contributed by atoms with Crippen LogP contribution in [0.3, 0.4) is 0 Å². The van der Waals surface area contributed by atoms with Crippen LogP contribution in [0, 0.1) is 0 Å². The minimum atomic E-state index is -0.149. The second-order valence-electron chi connectivity index (χ2n) is 5.82. The Kier molecular flexibility index (Phi) is 3.85. The van der Waals surface area contributed by atoms with Crippen LogP contribution in [0.15, 0.2) is 61.2 Å². The zero-order chi connectivity index (χ0) is 17.2. The molecule has 0 radical (unpaired) electrons. The number of hydrogen-bond donors (Lipinski definition) is 1. The lowest BCUT2D eigenvalue weighted by Gasteiger charge is -2.15. The van der Waals surface area contributed by atoms with Gasteiger partial charge in [-0.3, -0.25) is 4.79 Å². The van der Waals surface area contributed by atoms with Crippen LogP contribution in [0.4, 0.5) is 0 Å². The van der Waals surface area contributed by atoms with Crippen LogP contribution >= 0.6 is 0 Å². The van der Waals surface area contributed by atoms with Crippen molar-refractivity contribution in [3.8, 4) is 17.2 Å². The maximum absolute atomic E-state index is 12.5. The molecule has 1 N–H and O–H groups in total. The van der Waals surface area contributed by atoms with Crippen molar-refractivity contribution in [3.05, 3.63) is 72.3 Å². The van der Waals surface area contributed by atoms with Gasteiger partial charge in [0.05, 0.1) is 12.4 Å². The van der Waals surface area contributed by atoms with E-state index in [1.807, 2.05) is 42.0 Å². The summed E-state index contributed by atoms with van der Waals surface area (Å²) in [6, 6.07) is 13.1. The number of fused-ring (bicyclic) bond motifs is 1. The van der Waals surface area contributed by atoms with Gasteiger partial charge >= 0.3 is 0 Å². The van der Waals surface area contributed by atoms with Crippen molar-refractivity contribution >= 4 is 5.91 Å². The Labute approximate surface area is 145 Å². The summed E-state index contributed by atoms with van der Waals surface area (Å²) in [5.74, 6) is 1.12. The molecule has 0 bridgehead atoms. The molecule has 0 saturated carbocycles. The van der Waals surface area contributed by atoms with E-state index >= 15 is 0 Å². The molecule has 6 heteroatoms. The SMILES string of the molecule is CC(NC(=O)c1ccc2c(c1)OCO2)c1ccc(-n2ccnc2)cc1. The van der Waals surface area contributed by atoms with Crippen molar-refractivity contribution in [2.24, 2.45) is 0 Å². The van der Waals surface area contributed by atoms with Gasteiger partial charge in [-0.15, -0.1) is 0 Å². The highest BCUT2D eigenvalue weighted by Crippen LogP contribution is 2.32. The number of aromatic nitrogens is 2. The molecular weight excluding hydrogens is 318 g/mol. The summed E-state index contributed by atoms with van der Waals surface area (Å²) in [5, 5.41) is 3.00. The third kappa shape index (κ3) is 3.06. The monoisotopic (exact) mass is 335 g/mol. The average Bonchev–Trinajstić information content (AvgIpc) is 3.32. The molecule has 1 unspecified atom stereocenters. The third-order valence-corrected chi connectivity index (χ3v) is 4.18. The maximum Gasteiger partial charge on any atom is 0.251 e. The van der Waals surface area contributed by atoms with Gasteiger partial charge in [-0.1, -0.05) is 12.1 Å². The standard InChI is InChI=1S/C19H17N3O3/c1-13(14-2-5-16(6-3-14)22-9-8-20-11-22)21-19(23)15-4-7-17-18(10-15)25-12-24-17/h2-11,13H,12H2,1H3,(H,21,23). The zero-order valence-electron chi connectivity index (χ0n) is 13.7. The van der Waals surface area contributed by atoms with Crippen LogP contribution in [0.2, 0.25) is 0 Å². The number of imidazole rings is 1. The lowest BCUT2D eigenvalue weighted by Crippen LogP contribution is -2.26. The molecule has 126 valence electrons. The first-order valence-electron chi connectivity index (χ1n) is 7.99. The largest absolute Gasteiger partial charge is 0.454 e. The second-order valence-corrected chi connectivity index (χ2v) is 5.82. The van der Waals surface area contributed by atoms with Gasteiger partial charge in [0.2, 0.25) is 6.79 Å². The van der Waals surface area contributed by atoms with Gasteiger partial charge in [-0.25, -0.2) is 4.98 Å². The first-order valence-corrected chi connectivity index (χ1v) is 7.99. The summed E-state index contributed by atoms with van der Waals surface area (Å²) in [7, 11) is 0. The van der Waals surface area contributed by atoms with Gasteiger partial charge in [-0.2, -0.15) is 0 Å². The summed E-state index contributed by atoms with van der Waals surface area (Å²) in [4.78, 5) is 16.5. The predicted molar refractivity (Wildman–Crippen MR) is 92.0 cm³/mol. The van der Waals surface area contributed by atoms with Crippen molar-refractivity contribution < 1.29 is 14.3 Å². The number of ether oxygens (including phenoxy) is 2. The number of nitrogens with one attached hydrogen (secondary N) is 1. The molecule has 4 rings (SSSR count). The smallest absolute Gasteiger partial charge is 0.251 e. The van der Waals surface area contributed by atoms with Gasteiger partial charge in [0.15, 0.2) is 11.5 Å². The second kappa shape index (κ2) is 6.32. The fraction of sp³-hybridized carbons (Fsp3) is 0.158. The number of hydrogen-bond acceptors (Lipinski definition) is 4. The minimum absolute atomic E-state index is 0.116. The van der Waals surface area contributed by atoms with Crippen molar-refractivity contribution in [2.45, 2.75) is 13.0 Å². The highest BCUT2D eigenvalue weighted by Gasteiger charge is 2.17. The normalized spacial score (nSPS) is 13.5. The predicted octanol–water partition coefficient (Wildman–Crippen LogP) is 3.09. The van der Waals surface area contributed by atoms with Crippen LogP contribution in [-0.4, -0.2) is 22.3 Å². The summed E-state index contributed by atoms with van der Waals surface area (Å²) >= 11 is 0. The van der Waals surface area contributed by atoms with Crippen molar-refractivity contribution in [1.29, 1.82) is 0 Å².